The lowest BCUT2D eigenvalue weighted by molar-refractivity contribution is -0.116. The summed E-state index contributed by atoms with van der Waals surface area (Å²) in [5, 5.41) is 7.27. The highest BCUT2D eigenvalue weighted by atomic mass is 35.5. The second kappa shape index (κ2) is 9.58. The summed E-state index contributed by atoms with van der Waals surface area (Å²) in [6.45, 7) is 0. The number of ether oxygens (including phenoxy) is 2. The van der Waals surface area contributed by atoms with E-state index < -0.39 is 5.92 Å². The molecule has 0 radical (unpaired) electrons. The number of ketones is 1. The van der Waals surface area contributed by atoms with E-state index in [0.717, 1.165) is 22.5 Å². The molecular weight excluding hydrogens is 502 g/mol. The predicted molar refractivity (Wildman–Crippen MR) is 147 cm³/mol. The van der Waals surface area contributed by atoms with Gasteiger partial charge in [-0.1, -0.05) is 48.0 Å². The second-order valence-corrected chi connectivity index (χ2v) is 9.96. The smallest absolute Gasteiger partial charge is 0.277 e. The third-order valence-corrected chi connectivity index (χ3v) is 7.64. The van der Waals surface area contributed by atoms with E-state index in [1.165, 1.54) is 4.68 Å². The Bertz CT molecular complexity index is 1620. The summed E-state index contributed by atoms with van der Waals surface area (Å²) in [6.07, 6.45) is 0.936. The number of nitrogens with zero attached hydrogens (tertiary/aromatic N) is 1. The van der Waals surface area contributed by atoms with E-state index in [0.29, 0.717) is 46.3 Å². The van der Waals surface area contributed by atoms with Gasteiger partial charge >= 0.3 is 0 Å². The van der Waals surface area contributed by atoms with E-state index in [2.05, 4.69) is 10.4 Å². The topological polar surface area (TPSA) is 85.4 Å². The van der Waals surface area contributed by atoms with Crippen molar-refractivity contribution in [1.29, 1.82) is 0 Å². The number of fused-ring (bicyclic) bond motifs is 1. The highest BCUT2D eigenvalue weighted by Gasteiger charge is 2.41. The Kier molecular flexibility index (Phi) is 6.08. The van der Waals surface area contributed by atoms with Crippen molar-refractivity contribution in [2.75, 3.05) is 19.5 Å². The minimum atomic E-state index is -0.508. The molecule has 2 heterocycles. The molecule has 7 nitrogen and oxygen atoms in total. The van der Waals surface area contributed by atoms with E-state index in [1.54, 1.807) is 26.4 Å². The number of carbonyl (C=O) groups excluding carboxylic acids is 1. The van der Waals surface area contributed by atoms with E-state index >= 15 is 0 Å². The molecule has 0 saturated carbocycles. The van der Waals surface area contributed by atoms with Crippen LogP contribution in [0.25, 0.3) is 5.69 Å². The molecule has 0 amide bonds. The molecule has 6 rings (SSSR count). The largest absolute Gasteiger partial charge is 0.493 e. The van der Waals surface area contributed by atoms with Crippen LogP contribution in [0.1, 0.15) is 41.4 Å². The Labute approximate surface area is 224 Å². The number of H-pyrrole nitrogens is 1. The van der Waals surface area contributed by atoms with Gasteiger partial charge in [-0.2, -0.15) is 0 Å². The maximum atomic E-state index is 13.8. The molecule has 2 N–H and O–H groups in total. The van der Waals surface area contributed by atoms with Crippen LogP contribution in [0.3, 0.4) is 0 Å². The standard InChI is InChI=1S/C30H26ClN3O4/c1-37-24-13-10-18(16-25(24)38-2)19-14-22-27(23(35)15-19)26(17-8-11-20(31)12-9-17)28-29(32-22)33-34(30(28)36)21-6-4-3-5-7-21/h3-13,16,19,26,32-33H,14-15H2,1-2H3. The van der Waals surface area contributed by atoms with Crippen molar-refractivity contribution in [2.45, 2.75) is 24.7 Å². The molecule has 1 aliphatic carbocycles. The van der Waals surface area contributed by atoms with Gasteiger partial charge in [-0.3, -0.25) is 14.7 Å². The van der Waals surface area contributed by atoms with Crippen molar-refractivity contribution in [1.82, 2.24) is 9.78 Å². The summed E-state index contributed by atoms with van der Waals surface area (Å²) in [5.41, 5.74) is 4.33. The Morgan fingerprint density at radius 2 is 1.58 bits per heavy atom. The number of hydrogen-bond donors (Lipinski definition) is 2. The maximum Gasteiger partial charge on any atom is 0.277 e. The summed E-state index contributed by atoms with van der Waals surface area (Å²) in [5.74, 6) is 1.31. The number of methoxy groups -OCH3 is 2. The Hall–Kier alpha value is -4.23. The Balaban J connectivity index is 1.47. The first-order valence-corrected chi connectivity index (χ1v) is 12.8. The van der Waals surface area contributed by atoms with Gasteiger partial charge < -0.3 is 14.8 Å². The van der Waals surface area contributed by atoms with Crippen molar-refractivity contribution in [3.63, 3.8) is 0 Å². The van der Waals surface area contributed by atoms with Crippen LogP contribution in [0.15, 0.2) is 88.9 Å². The van der Waals surface area contributed by atoms with E-state index in [9.17, 15) is 9.59 Å². The molecule has 0 bridgehead atoms. The Morgan fingerprint density at radius 1 is 0.868 bits per heavy atom. The fourth-order valence-electron chi connectivity index (χ4n) is 5.58. The summed E-state index contributed by atoms with van der Waals surface area (Å²) in [7, 11) is 3.20. The SMILES string of the molecule is COc1ccc(C2CC(=O)C3=C(C2)Nc2[nH]n(-c4ccccc4)c(=O)c2C3c2ccc(Cl)cc2)cc1OC. The Morgan fingerprint density at radius 3 is 2.29 bits per heavy atom. The number of benzene rings is 3. The van der Waals surface area contributed by atoms with Gasteiger partial charge in [0.15, 0.2) is 17.3 Å². The molecule has 2 atom stereocenters. The lowest BCUT2D eigenvalue weighted by atomic mass is 9.73. The molecule has 1 aromatic heterocycles. The summed E-state index contributed by atoms with van der Waals surface area (Å²) in [6, 6.07) is 22.5. The third kappa shape index (κ3) is 4.00. The van der Waals surface area contributed by atoms with Crippen LogP contribution in [0, 0.1) is 0 Å². The maximum absolute atomic E-state index is 13.8. The normalized spacial score (nSPS) is 18.4. The van der Waals surface area contributed by atoms with Gasteiger partial charge in [-0.05, 0) is 59.9 Å². The number of Topliss-reactive ketones (excluding diaryl/α,β-unsaturated/α-hetero) is 1. The molecule has 0 fully saturated rings. The van der Waals surface area contributed by atoms with E-state index in [-0.39, 0.29) is 17.3 Å². The van der Waals surface area contributed by atoms with Crippen molar-refractivity contribution >= 4 is 23.2 Å². The number of carbonyl (C=O) groups is 1. The molecule has 4 aromatic rings. The van der Waals surface area contributed by atoms with Crippen LogP contribution in [0.2, 0.25) is 5.02 Å². The minimum absolute atomic E-state index is 0.0102. The predicted octanol–water partition coefficient (Wildman–Crippen LogP) is 5.79. The first-order chi connectivity index (χ1) is 18.5. The van der Waals surface area contributed by atoms with Crippen LogP contribution >= 0.6 is 11.6 Å². The van der Waals surface area contributed by atoms with Crippen molar-refractivity contribution in [3.8, 4) is 17.2 Å². The number of aromatic nitrogens is 2. The van der Waals surface area contributed by atoms with Gasteiger partial charge in [0.05, 0.1) is 25.5 Å². The summed E-state index contributed by atoms with van der Waals surface area (Å²) < 4.78 is 12.4. The van der Waals surface area contributed by atoms with Crippen LogP contribution < -0.4 is 20.3 Å². The molecule has 192 valence electrons. The molecule has 2 aliphatic rings. The van der Waals surface area contributed by atoms with Crippen LogP contribution in [-0.4, -0.2) is 29.8 Å². The number of halogens is 1. The number of hydrogen-bond acceptors (Lipinski definition) is 5. The van der Waals surface area contributed by atoms with Crippen LogP contribution in [-0.2, 0) is 4.79 Å². The van der Waals surface area contributed by atoms with Crippen LogP contribution in [0.4, 0.5) is 5.82 Å². The average Bonchev–Trinajstić information content (AvgIpc) is 3.28. The van der Waals surface area contributed by atoms with Gasteiger partial charge in [0, 0.05) is 28.6 Å². The first kappa shape index (κ1) is 24.1. The fraction of sp³-hybridized carbons (Fsp3) is 0.200. The molecular formula is C30H26ClN3O4. The highest BCUT2D eigenvalue weighted by molar-refractivity contribution is 6.30. The van der Waals surface area contributed by atoms with Gasteiger partial charge in [-0.15, -0.1) is 0 Å². The molecule has 3 aromatic carbocycles. The van der Waals surface area contributed by atoms with Crippen molar-refractivity contribution in [2.24, 2.45) is 0 Å². The zero-order valence-electron chi connectivity index (χ0n) is 21.0. The molecule has 0 spiro atoms. The molecule has 0 saturated heterocycles. The van der Waals surface area contributed by atoms with Crippen molar-refractivity contribution < 1.29 is 14.3 Å². The lowest BCUT2D eigenvalue weighted by Gasteiger charge is -2.34. The van der Waals surface area contributed by atoms with Crippen molar-refractivity contribution in [3.05, 3.63) is 116 Å². The highest BCUT2D eigenvalue weighted by Crippen LogP contribution is 2.47. The number of rotatable bonds is 5. The average molecular weight is 528 g/mol. The van der Waals surface area contributed by atoms with Gasteiger partial charge in [0.2, 0.25) is 0 Å². The number of nitrogens with one attached hydrogen (secondary N) is 2. The van der Waals surface area contributed by atoms with Gasteiger partial charge in [0.1, 0.15) is 5.82 Å². The minimum Gasteiger partial charge on any atom is -0.493 e. The number of anilines is 1. The lowest BCUT2D eigenvalue weighted by Crippen LogP contribution is -2.32. The zero-order chi connectivity index (χ0) is 26.4. The summed E-state index contributed by atoms with van der Waals surface area (Å²) >= 11 is 6.18. The van der Waals surface area contributed by atoms with Gasteiger partial charge in [-0.25, -0.2) is 4.68 Å². The number of aromatic amines is 1. The van der Waals surface area contributed by atoms with E-state index in [4.69, 9.17) is 21.1 Å². The quantitative estimate of drug-likeness (QED) is 0.343. The monoisotopic (exact) mass is 527 g/mol. The fourth-order valence-corrected chi connectivity index (χ4v) is 5.71. The molecule has 1 aliphatic heterocycles. The third-order valence-electron chi connectivity index (χ3n) is 7.38. The second-order valence-electron chi connectivity index (χ2n) is 9.52. The first-order valence-electron chi connectivity index (χ1n) is 12.4. The van der Waals surface area contributed by atoms with E-state index in [1.807, 2.05) is 60.7 Å². The summed E-state index contributed by atoms with van der Waals surface area (Å²) in [4.78, 5) is 27.6. The zero-order valence-corrected chi connectivity index (χ0v) is 21.7. The molecule has 8 heteroatoms. The molecule has 38 heavy (non-hydrogen) atoms. The molecule has 2 unspecified atom stereocenters. The number of para-hydroxylation sites is 1. The van der Waals surface area contributed by atoms with Gasteiger partial charge in [0.25, 0.3) is 5.56 Å². The van der Waals surface area contributed by atoms with Crippen LogP contribution in [0.5, 0.6) is 11.5 Å². The number of allylic oxidation sites excluding steroid dienone is 2.